The molecule has 0 fully saturated rings. The van der Waals surface area contributed by atoms with E-state index in [-0.39, 0.29) is 0 Å². The third kappa shape index (κ3) is 4.14. The molecule has 2 atom stereocenters. The van der Waals surface area contributed by atoms with E-state index in [0.29, 0.717) is 0 Å². The molecule has 0 radical (unpaired) electrons. The van der Waals surface area contributed by atoms with E-state index in [1.54, 1.807) is 5.57 Å². The van der Waals surface area contributed by atoms with Gasteiger partial charge in [0.2, 0.25) is 0 Å². The Balaban J connectivity index is 1.69. The van der Waals surface area contributed by atoms with E-state index in [4.69, 9.17) is 0 Å². The van der Waals surface area contributed by atoms with Crippen molar-refractivity contribution < 1.29 is 0 Å². The predicted octanol–water partition coefficient (Wildman–Crippen LogP) is 6.75. The molecule has 0 aliphatic heterocycles. The molecule has 1 heterocycles. The van der Waals surface area contributed by atoms with Crippen molar-refractivity contribution in [2.75, 3.05) is 0 Å². The van der Waals surface area contributed by atoms with Gasteiger partial charge in [-0.3, -0.25) is 0 Å². The van der Waals surface area contributed by atoms with Gasteiger partial charge in [-0.2, -0.15) is 0 Å². The number of hydrogen-bond acceptors (Lipinski definition) is 1. The molecule has 2 unspecified atom stereocenters. The average Bonchev–Trinajstić information content (AvgIpc) is 3.00. The molecule has 23 heavy (non-hydrogen) atoms. The van der Waals surface area contributed by atoms with E-state index in [9.17, 15) is 0 Å². The Hall–Kier alpha value is -1.34. The molecule has 3 rings (SSSR count). The van der Waals surface area contributed by atoms with Gasteiger partial charge in [0.25, 0.3) is 0 Å². The first kappa shape index (κ1) is 16.5. The molecule has 0 saturated carbocycles. The van der Waals surface area contributed by atoms with Crippen molar-refractivity contribution in [3.05, 3.63) is 63.9 Å². The first-order valence-electron chi connectivity index (χ1n) is 8.94. The van der Waals surface area contributed by atoms with E-state index >= 15 is 0 Å². The van der Waals surface area contributed by atoms with Crippen molar-refractivity contribution in [1.82, 2.24) is 0 Å². The second-order valence-corrected chi connectivity index (χ2v) is 8.57. The Morgan fingerprint density at radius 2 is 1.87 bits per heavy atom. The molecule has 1 aromatic carbocycles. The fourth-order valence-electron chi connectivity index (χ4n) is 3.78. The lowest BCUT2D eigenvalue weighted by atomic mass is 9.73. The standard InChI is InChI=1S/C22H28S/c1-16(2)21-15-19(11-10-18-7-5-4-6-8-18)12-13-20(21)22-14-9-17(3)23-22/h4-9,13-14,16,19,21H,10-12,15H2,1-3H3. The van der Waals surface area contributed by atoms with Gasteiger partial charge in [-0.15, -0.1) is 11.3 Å². The molecule has 122 valence electrons. The second-order valence-electron chi connectivity index (χ2n) is 7.28. The van der Waals surface area contributed by atoms with Crippen LogP contribution in [0.25, 0.3) is 5.57 Å². The van der Waals surface area contributed by atoms with Gasteiger partial charge in [-0.25, -0.2) is 0 Å². The minimum absolute atomic E-state index is 0.725. The Morgan fingerprint density at radius 1 is 1.09 bits per heavy atom. The van der Waals surface area contributed by atoms with Crippen LogP contribution in [-0.4, -0.2) is 0 Å². The number of allylic oxidation sites excluding steroid dienone is 2. The zero-order valence-electron chi connectivity index (χ0n) is 14.6. The van der Waals surface area contributed by atoms with Gasteiger partial charge in [0, 0.05) is 9.75 Å². The summed E-state index contributed by atoms with van der Waals surface area (Å²) < 4.78 is 0. The van der Waals surface area contributed by atoms with Gasteiger partial charge >= 0.3 is 0 Å². The van der Waals surface area contributed by atoms with Crippen molar-refractivity contribution >= 4 is 16.9 Å². The molecular formula is C22H28S. The lowest BCUT2D eigenvalue weighted by Crippen LogP contribution is -2.20. The summed E-state index contributed by atoms with van der Waals surface area (Å²) in [5.74, 6) is 2.29. The van der Waals surface area contributed by atoms with Crippen LogP contribution >= 0.6 is 11.3 Å². The van der Waals surface area contributed by atoms with Crippen LogP contribution in [0.5, 0.6) is 0 Å². The van der Waals surface area contributed by atoms with E-state index in [1.165, 1.54) is 41.0 Å². The molecule has 0 amide bonds. The molecule has 0 saturated heterocycles. The summed E-state index contributed by atoms with van der Waals surface area (Å²) in [5, 5.41) is 0. The summed E-state index contributed by atoms with van der Waals surface area (Å²) in [6.45, 7) is 6.99. The second kappa shape index (κ2) is 7.49. The third-order valence-electron chi connectivity index (χ3n) is 5.17. The SMILES string of the molecule is Cc1ccc(C2=CCC(CCc3ccccc3)CC2C(C)C)s1. The Bertz CT molecular complexity index is 648. The smallest absolute Gasteiger partial charge is 0.0304 e. The molecule has 1 aliphatic rings. The fraction of sp³-hybridized carbons (Fsp3) is 0.455. The number of rotatable bonds is 5. The first-order valence-corrected chi connectivity index (χ1v) is 9.76. The van der Waals surface area contributed by atoms with E-state index in [1.807, 2.05) is 11.3 Å². The summed E-state index contributed by atoms with van der Waals surface area (Å²) in [6, 6.07) is 15.5. The summed E-state index contributed by atoms with van der Waals surface area (Å²) in [4.78, 5) is 2.93. The monoisotopic (exact) mass is 324 g/mol. The highest BCUT2D eigenvalue weighted by molar-refractivity contribution is 7.13. The van der Waals surface area contributed by atoms with Crippen molar-refractivity contribution in [3.8, 4) is 0 Å². The molecule has 0 bridgehead atoms. The minimum atomic E-state index is 0.725. The maximum Gasteiger partial charge on any atom is 0.0304 e. The van der Waals surface area contributed by atoms with Gasteiger partial charge in [0.1, 0.15) is 0 Å². The Kier molecular flexibility index (Phi) is 5.38. The van der Waals surface area contributed by atoms with Crippen molar-refractivity contribution in [2.45, 2.75) is 46.5 Å². The zero-order valence-corrected chi connectivity index (χ0v) is 15.4. The number of hydrogen-bond donors (Lipinski definition) is 0. The summed E-state index contributed by atoms with van der Waals surface area (Å²) in [5.41, 5.74) is 3.10. The van der Waals surface area contributed by atoms with Crippen LogP contribution in [0.1, 0.15) is 48.4 Å². The van der Waals surface area contributed by atoms with Crippen LogP contribution in [-0.2, 0) is 6.42 Å². The summed E-state index contributed by atoms with van der Waals surface area (Å²) in [6.07, 6.45) is 7.70. The van der Waals surface area contributed by atoms with Gasteiger partial charge in [0.05, 0.1) is 0 Å². The summed E-state index contributed by atoms with van der Waals surface area (Å²) >= 11 is 1.96. The largest absolute Gasteiger partial charge is 0.141 e. The van der Waals surface area contributed by atoms with Crippen LogP contribution in [0.4, 0.5) is 0 Å². The highest BCUT2D eigenvalue weighted by atomic mass is 32.1. The van der Waals surface area contributed by atoms with Gasteiger partial charge in [-0.1, -0.05) is 50.3 Å². The minimum Gasteiger partial charge on any atom is -0.141 e. The maximum atomic E-state index is 2.55. The van der Waals surface area contributed by atoms with Crippen LogP contribution in [0, 0.1) is 24.7 Å². The zero-order chi connectivity index (χ0) is 16.2. The predicted molar refractivity (Wildman–Crippen MR) is 103 cm³/mol. The third-order valence-corrected chi connectivity index (χ3v) is 6.22. The van der Waals surface area contributed by atoms with Gasteiger partial charge in [-0.05, 0) is 73.6 Å². The van der Waals surface area contributed by atoms with Gasteiger partial charge in [0.15, 0.2) is 0 Å². The highest BCUT2D eigenvalue weighted by Crippen LogP contribution is 2.42. The molecule has 1 aromatic heterocycles. The van der Waals surface area contributed by atoms with E-state index in [2.05, 4.69) is 69.3 Å². The van der Waals surface area contributed by atoms with Crippen LogP contribution in [0.2, 0.25) is 0 Å². The van der Waals surface area contributed by atoms with Crippen LogP contribution in [0.15, 0.2) is 48.5 Å². The molecule has 0 nitrogen and oxygen atoms in total. The fourth-order valence-corrected chi connectivity index (χ4v) is 4.75. The topological polar surface area (TPSA) is 0 Å². The number of benzene rings is 1. The maximum absolute atomic E-state index is 2.55. The number of aryl methyl sites for hydroxylation is 2. The average molecular weight is 325 g/mol. The normalized spacial score (nSPS) is 21.5. The van der Waals surface area contributed by atoms with Crippen LogP contribution < -0.4 is 0 Å². The molecule has 0 N–H and O–H groups in total. The molecule has 2 aromatic rings. The quantitative estimate of drug-likeness (QED) is 0.570. The van der Waals surface area contributed by atoms with E-state index < -0.39 is 0 Å². The molecule has 0 spiro atoms. The lowest BCUT2D eigenvalue weighted by molar-refractivity contribution is 0.331. The molecule has 1 heteroatoms. The number of thiophene rings is 1. The van der Waals surface area contributed by atoms with E-state index in [0.717, 1.165) is 17.8 Å². The highest BCUT2D eigenvalue weighted by Gasteiger charge is 2.27. The molecular weight excluding hydrogens is 296 g/mol. The lowest BCUT2D eigenvalue weighted by Gasteiger charge is -2.32. The van der Waals surface area contributed by atoms with Gasteiger partial charge < -0.3 is 0 Å². The Morgan fingerprint density at radius 3 is 2.52 bits per heavy atom. The first-order chi connectivity index (χ1) is 11.1. The van der Waals surface area contributed by atoms with Crippen molar-refractivity contribution in [3.63, 3.8) is 0 Å². The Labute approximate surface area is 145 Å². The summed E-state index contributed by atoms with van der Waals surface area (Å²) in [7, 11) is 0. The van der Waals surface area contributed by atoms with Crippen LogP contribution in [0.3, 0.4) is 0 Å². The van der Waals surface area contributed by atoms with Crippen molar-refractivity contribution in [1.29, 1.82) is 0 Å². The molecule has 1 aliphatic carbocycles. The van der Waals surface area contributed by atoms with Crippen molar-refractivity contribution in [2.24, 2.45) is 17.8 Å².